The average molecular weight is 261 g/mol. The molecule has 4 heteroatoms. The van der Waals surface area contributed by atoms with Crippen LogP contribution in [-0.2, 0) is 0 Å². The number of aryl methyl sites for hydroxylation is 2. The van der Waals surface area contributed by atoms with Crippen LogP contribution in [0.15, 0.2) is 22.5 Å². The molecule has 0 amide bonds. The standard InChI is InChI=1S/C15H23N3O/c1-5-18(6-2)17-16-15-12(4)9-11(3)10-14(15)19-13-7-8-13/h9-10,13H,5-8H2,1-4H3/b17-16+. The van der Waals surface area contributed by atoms with E-state index in [2.05, 4.69) is 50.2 Å². The molecule has 1 aromatic carbocycles. The fourth-order valence-corrected chi connectivity index (χ4v) is 1.96. The van der Waals surface area contributed by atoms with Crippen LogP contribution in [0.5, 0.6) is 5.75 Å². The van der Waals surface area contributed by atoms with Crippen molar-refractivity contribution in [1.82, 2.24) is 5.01 Å². The second kappa shape index (κ2) is 6.04. The number of nitrogens with zero attached hydrogens (tertiary/aromatic N) is 3. The van der Waals surface area contributed by atoms with E-state index in [0.717, 1.165) is 42.9 Å². The molecule has 0 bridgehead atoms. The van der Waals surface area contributed by atoms with Crippen LogP contribution in [0.1, 0.15) is 37.8 Å². The van der Waals surface area contributed by atoms with E-state index in [1.165, 1.54) is 5.56 Å². The van der Waals surface area contributed by atoms with E-state index < -0.39 is 0 Å². The Morgan fingerprint density at radius 3 is 2.47 bits per heavy atom. The van der Waals surface area contributed by atoms with Crippen LogP contribution < -0.4 is 4.74 Å². The van der Waals surface area contributed by atoms with Gasteiger partial charge in [-0.3, -0.25) is 5.01 Å². The first kappa shape index (κ1) is 13.8. The minimum absolute atomic E-state index is 0.378. The van der Waals surface area contributed by atoms with Crippen LogP contribution in [0, 0.1) is 13.8 Å². The minimum Gasteiger partial charge on any atom is -0.488 e. The molecule has 0 aromatic heterocycles. The Bertz CT molecular complexity index is 463. The molecule has 1 fully saturated rings. The highest BCUT2D eigenvalue weighted by molar-refractivity contribution is 5.58. The van der Waals surface area contributed by atoms with Gasteiger partial charge in [0.2, 0.25) is 0 Å². The molecule has 1 saturated carbocycles. The maximum absolute atomic E-state index is 5.95. The van der Waals surface area contributed by atoms with Crippen molar-refractivity contribution in [2.24, 2.45) is 10.3 Å². The van der Waals surface area contributed by atoms with Crippen molar-refractivity contribution in [1.29, 1.82) is 0 Å². The maximum Gasteiger partial charge on any atom is 0.147 e. The largest absolute Gasteiger partial charge is 0.488 e. The van der Waals surface area contributed by atoms with E-state index in [4.69, 9.17) is 4.74 Å². The summed E-state index contributed by atoms with van der Waals surface area (Å²) in [6, 6.07) is 4.18. The van der Waals surface area contributed by atoms with Gasteiger partial charge in [-0.05, 0) is 57.7 Å². The van der Waals surface area contributed by atoms with Gasteiger partial charge in [-0.25, -0.2) is 0 Å². The Kier molecular flexibility index (Phi) is 4.40. The van der Waals surface area contributed by atoms with Crippen molar-refractivity contribution >= 4 is 5.69 Å². The molecule has 2 rings (SSSR count). The van der Waals surface area contributed by atoms with Gasteiger partial charge in [0.05, 0.1) is 6.10 Å². The van der Waals surface area contributed by atoms with Crippen molar-refractivity contribution in [2.75, 3.05) is 13.1 Å². The molecule has 1 aliphatic carbocycles. The zero-order valence-corrected chi connectivity index (χ0v) is 12.3. The summed E-state index contributed by atoms with van der Waals surface area (Å²) in [5.74, 6) is 0.871. The molecule has 0 radical (unpaired) electrons. The third-order valence-electron chi connectivity index (χ3n) is 3.23. The van der Waals surface area contributed by atoms with Gasteiger partial charge >= 0.3 is 0 Å². The molecule has 0 spiro atoms. The van der Waals surface area contributed by atoms with E-state index in [1.54, 1.807) is 0 Å². The molecule has 104 valence electrons. The van der Waals surface area contributed by atoms with E-state index in [0.29, 0.717) is 6.10 Å². The quantitative estimate of drug-likeness (QED) is 0.569. The first-order chi connectivity index (χ1) is 9.13. The summed E-state index contributed by atoms with van der Waals surface area (Å²) in [6.45, 7) is 10.0. The van der Waals surface area contributed by atoms with Crippen LogP contribution in [0.25, 0.3) is 0 Å². The van der Waals surface area contributed by atoms with Crippen LogP contribution in [0.2, 0.25) is 0 Å². The first-order valence-electron chi connectivity index (χ1n) is 7.08. The zero-order chi connectivity index (χ0) is 13.8. The molecule has 1 aromatic rings. The third-order valence-corrected chi connectivity index (χ3v) is 3.23. The van der Waals surface area contributed by atoms with Crippen LogP contribution in [0.4, 0.5) is 5.69 Å². The first-order valence-corrected chi connectivity index (χ1v) is 7.08. The van der Waals surface area contributed by atoms with Crippen molar-refractivity contribution in [3.8, 4) is 5.75 Å². The second-order valence-electron chi connectivity index (χ2n) is 5.07. The molecule has 0 heterocycles. The van der Waals surface area contributed by atoms with E-state index >= 15 is 0 Å². The molecular formula is C15H23N3O. The van der Waals surface area contributed by atoms with E-state index in [1.807, 2.05) is 5.01 Å². The summed E-state index contributed by atoms with van der Waals surface area (Å²) in [5.41, 5.74) is 3.19. The number of hydrogen-bond donors (Lipinski definition) is 0. The molecule has 1 aliphatic rings. The minimum atomic E-state index is 0.378. The Morgan fingerprint density at radius 2 is 1.89 bits per heavy atom. The number of benzene rings is 1. The van der Waals surface area contributed by atoms with Crippen molar-refractivity contribution in [3.05, 3.63) is 23.3 Å². The second-order valence-corrected chi connectivity index (χ2v) is 5.07. The van der Waals surface area contributed by atoms with Gasteiger partial charge in [0.25, 0.3) is 0 Å². The fraction of sp³-hybridized carbons (Fsp3) is 0.600. The zero-order valence-electron chi connectivity index (χ0n) is 12.3. The normalized spacial score (nSPS) is 14.9. The van der Waals surface area contributed by atoms with Gasteiger partial charge in [0.15, 0.2) is 0 Å². The van der Waals surface area contributed by atoms with Crippen molar-refractivity contribution < 1.29 is 4.74 Å². The monoisotopic (exact) mass is 261 g/mol. The van der Waals surface area contributed by atoms with Gasteiger partial charge < -0.3 is 4.74 Å². The molecule has 19 heavy (non-hydrogen) atoms. The topological polar surface area (TPSA) is 37.2 Å². The predicted octanol–water partition coefficient (Wildman–Crippen LogP) is 4.19. The summed E-state index contributed by atoms with van der Waals surface area (Å²) < 4.78 is 5.95. The lowest BCUT2D eigenvalue weighted by atomic mass is 10.1. The van der Waals surface area contributed by atoms with Gasteiger partial charge in [0.1, 0.15) is 11.4 Å². The third kappa shape index (κ3) is 3.69. The Hall–Kier alpha value is -1.58. The van der Waals surface area contributed by atoms with Crippen LogP contribution in [0.3, 0.4) is 0 Å². The Morgan fingerprint density at radius 1 is 1.21 bits per heavy atom. The molecule has 0 atom stereocenters. The Labute approximate surface area is 115 Å². The summed E-state index contributed by atoms with van der Waals surface area (Å²) in [7, 11) is 0. The lowest BCUT2D eigenvalue weighted by Gasteiger charge is -2.14. The smallest absolute Gasteiger partial charge is 0.147 e. The molecule has 0 N–H and O–H groups in total. The highest BCUT2D eigenvalue weighted by atomic mass is 16.5. The predicted molar refractivity (Wildman–Crippen MR) is 77.0 cm³/mol. The van der Waals surface area contributed by atoms with Gasteiger partial charge in [-0.15, -0.1) is 5.11 Å². The van der Waals surface area contributed by atoms with E-state index in [-0.39, 0.29) is 0 Å². The van der Waals surface area contributed by atoms with Gasteiger partial charge in [0, 0.05) is 13.1 Å². The maximum atomic E-state index is 5.95. The molecule has 0 saturated heterocycles. The number of hydrogen-bond acceptors (Lipinski definition) is 3. The van der Waals surface area contributed by atoms with Crippen molar-refractivity contribution in [3.63, 3.8) is 0 Å². The van der Waals surface area contributed by atoms with Crippen molar-refractivity contribution in [2.45, 2.75) is 46.6 Å². The lowest BCUT2D eigenvalue weighted by Crippen LogP contribution is -2.14. The molecular weight excluding hydrogens is 238 g/mol. The summed E-state index contributed by atoms with van der Waals surface area (Å²) >= 11 is 0. The SMILES string of the molecule is CCN(CC)/N=N/c1c(C)cc(C)cc1OC1CC1. The number of ether oxygens (including phenoxy) is 1. The fourth-order valence-electron chi connectivity index (χ4n) is 1.96. The van der Waals surface area contributed by atoms with E-state index in [9.17, 15) is 0 Å². The highest BCUT2D eigenvalue weighted by Crippen LogP contribution is 2.37. The Balaban J connectivity index is 2.25. The van der Waals surface area contributed by atoms with Gasteiger partial charge in [-0.2, -0.15) is 0 Å². The molecule has 0 aliphatic heterocycles. The molecule has 4 nitrogen and oxygen atoms in total. The highest BCUT2D eigenvalue weighted by Gasteiger charge is 2.25. The van der Waals surface area contributed by atoms with Crippen LogP contribution >= 0.6 is 0 Å². The summed E-state index contributed by atoms with van der Waals surface area (Å²) in [5, 5.41) is 10.6. The number of rotatable bonds is 6. The van der Waals surface area contributed by atoms with Crippen LogP contribution in [-0.4, -0.2) is 24.2 Å². The lowest BCUT2D eigenvalue weighted by molar-refractivity contribution is 0.293. The molecule has 0 unspecified atom stereocenters. The summed E-state index contributed by atoms with van der Waals surface area (Å²) in [6.07, 6.45) is 2.68. The average Bonchev–Trinajstić information content (AvgIpc) is 3.16. The summed E-state index contributed by atoms with van der Waals surface area (Å²) in [4.78, 5) is 0. The van der Waals surface area contributed by atoms with Gasteiger partial charge in [-0.1, -0.05) is 11.3 Å².